The molecule has 2 aromatic carbocycles. The minimum atomic E-state index is -3.69. The van der Waals surface area contributed by atoms with Crippen molar-refractivity contribution in [3.8, 4) is 5.75 Å². The van der Waals surface area contributed by atoms with Gasteiger partial charge < -0.3 is 20.7 Å². The quantitative estimate of drug-likeness (QED) is 0.258. The number of hydrogen-bond acceptors (Lipinski definition) is 8. The molecule has 0 spiro atoms. The Morgan fingerprint density at radius 3 is 2.59 bits per heavy atom. The van der Waals surface area contributed by atoms with Gasteiger partial charge in [0.1, 0.15) is 17.0 Å². The summed E-state index contributed by atoms with van der Waals surface area (Å²) in [5.41, 5.74) is -0.147. The molecule has 0 unspecified atom stereocenters. The van der Waals surface area contributed by atoms with Gasteiger partial charge in [0.2, 0.25) is 15.0 Å². The fraction of sp³-hybridized carbons (Fsp3) is 0.125. The number of aromatic amines is 1. The van der Waals surface area contributed by atoms with Crippen LogP contribution < -0.4 is 16.2 Å². The number of amides is 2. The van der Waals surface area contributed by atoms with Gasteiger partial charge in [0, 0.05) is 29.9 Å². The van der Waals surface area contributed by atoms with Crippen LogP contribution in [0.4, 0.5) is 5.69 Å². The van der Waals surface area contributed by atoms with E-state index >= 15 is 0 Å². The summed E-state index contributed by atoms with van der Waals surface area (Å²) in [7, 11) is -3.69. The number of nitrogens with one attached hydrogen (secondary N) is 3. The maximum atomic E-state index is 12.8. The van der Waals surface area contributed by atoms with E-state index in [2.05, 4.69) is 25.6 Å². The molecule has 190 valence electrons. The van der Waals surface area contributed by atoms with Crippen LogP contribution >= 0.6 is 11.6 Å². The van der Waals surface area contributed by atoms with Crippen molar-refractivity contribution in [1.82, 2.24) is 20.3 Å². The molecular weight excluding hydrogens is 522 g/mol. The van der Waals surface area contributed by atoms with E-state index < -0.39 is 32.4 Å². The van der Waals surface area contributed by atoms with E-state index in [9.17, 15) is 27.9 Å². The molecule has 13 heteroatoms. The van der Waals surface area contributed by atoms with Crippen molar-refractivity contribution < 1.29 is 23.1 Å². The fourth-order valence-electron chi connectivity index (χ4n) is 3.41. The summed E-state index contributed by atoms with van der Waals surface area (Å²) in [6.07, 6.45) is 2.52. The van der Waals surface area contributed by atoms with Crippen molar-refractivity contribution in [2.45, 2.75) is 11.6 Å². The molecule has 2 heterocycles. The van der Waals surface area contributed by atoms with Crippen LogP contribution in [0.1, 0.15) is 26.3 Å². The van der Waals surface area contributed by atoms with Gasteiger partial charge in [-0.05, 0) is 42.3 Å². The van der Waals surface area contributed by atoms with Crippen molar-refractivity contribution in [3.05, 3.63) is 86.8 Å². The van der Waals surface area contributed by atoms with E-state index in [1.54, 1.807) is 24.3 Å². The van der Waals surface area contributed by atoms with E-state index in [1.807, 2.05) is 0 Å². The SMILES string of the molecule is CS(=O)(=O)c1ncc2cc(C(=O)Nc3cc(C(=O)NCCc4ccccc4O)ccc3Cl)c(=O)[nH]c2n1. The number of rotatable bonds is 7. The van der Waals surface area contributed by atoms with Crippen molar-refractivity contribution in [3.63, 3.8) is 0 Å². The Bertz CT molecular complexity index is 1700. The number of fused-ring (bicyclic) bond motifs is 1. The molecule has 0 saturated carbocycles. The first-order valence-electron chi connectivity index (χ1n) is 10.8. The number of aromatic nitrogens is 3. The number of H-pyrrole nitrogens is 1. The Balaban J connectivity index is 1.50. The van der Waals surface area contributed by atoms with Crippen LogP contribution in [0.3, 0.4) is 0 Å². The maximum absolute atomic E-state index is 12.8. The molecule has 0 saturated heterocycles. The summed E-state index contributed by atoms with van der Waals surface area (Å²) >= 11 is 6.19. The van der Waals surface area contributed by atoms with Gasteiger partial charge in [-0.15, -0.1) is 0 Å². The Morgan fingerprint density at radius 2 is 1.86 bits per heavy atom. The molecule has 4 rings (SSSR count). The topological polar surface area (TPSA) is 171 Å². The highest BCUT2D eigenvalue weighted by Gasteiger charge is 2.18. The third-order valence-corrected chi connectivity index (χ3v) is 6.49. The van der Waals surface area contributed by atoms with Crippen molar-refractivity contribution in [2.24, 2.45) is 0 Å². The highest BCUT2D eigenvalue weighted by atomic mass is 35.5. The number of aromatic hydroxyl groups is 1. The van der Waals surface area contributed by atoms with Crippen LogP contribution in [0.5, 0.6) is 5.75 Å². The molecule has 2 amide bonds. The molecule has 0 aliphatic rings. The summed E-state index contributed by atoms with van der Waals surface area (Å²) in [5, 5.41) is 15.0. The van der Waals surface area contributed by atoms with E-state index in [0.29, 0.717) is 12.0 Å². The van der Waals surface area contributed by atoms with Crippen LogP contribution in [0.2, 0.25) is 5.02 Å². The third kappa shape index (κ3) is 5.93. The van der Waals surface area contributed by atoms with Gasteiger partial charge in [0.15, 0.2) is 0 Å². The van der Waals surface area contributed by atoms with Crippen LogP contribution in [-0.4, -0.2) is 53.1 Å². The maximum Gasteiger partial charge on any atom is 0.262 e. The lowest BCUT2D eigenvalue weighted by molar-refractivity contribution is 0.0952. The zero-order chi connectivity index (χ0) is 26.7. The van der Waals surface area contributed by atoms with Crippen molar-refractivity contribution >= 4 is 50.0 Å². The number of phenols is 1. The van der Waals surface area contributed by atoms with Crippen LogP contribution in [-0.2, 0) is 16.3 Å². The predicted octanol–water partition coefficient (Wildman–Crippen LogP) is 2.31. The number of carbonyl (C=O) groups is 2. The number of anilines is 1. The van der Waals surface area contributed by atoms with E-state index in [4.69, 9.17) is 11.6 Å². The predicted molar refractivity (Wildman–Crippen MR) is 137 cm³/mol. The second-order valence-corrected chi connectivity index (χ2v) is 10.3. The molecule has 37 heavy (non-hydrogen) atoms. The molecule has 0 radical (unpaired) electrons. The highest BCUT2D eigenvalue weighted by molar-refractivity contribution is 7.90. The van der Waals surface area contributed by atoms with E-state index in [0.717, 1.165) is 6.26 Å². The number of benzene rings is 2. The summed E-state index contributed by atoms with van der Waals surface area (Å²) in [6, 6.07) is 12.3. The molecule has 11 nitrogen and oxygen atoms in total. The van der Waals surface area contributed by atoms with Gasteiger partial charge in [-0.2, -0.15) is 0 Å². The average molecular weight is 542 g/mol. The first kappa shape index (κ1) is 25.8. The van der Waals surface area contributed by atoms with Gasteiger partial charge in [0.05, 0.1) is 10.7 Å². The van der Waals surface area contributed by atoms with Crippen molar-refractivity contribution in [2.75, 3.05) is 18.1 Å². The standard InChI is InChI=1S/C24H20ClN5O6S/c1-37(35,36)24-27-12-15-10-16(23(34)29-20(15)30-24)22(33)28-18-11-14(6-7-17(18)25)21(32)26-9-8-13-4-2-3-5-19(13)31/h2-7,10-12,31H,8-9H2,1H3,(H,26,32)(H,28,33)(H,27,29,30,34). The molecule has 2 aromatic heterocycles. The smallest absolute Gasteiger partial charge is 0.262 e. The molecule has 0 fully saturated rings. The van der Waals surface area contributed by atoms with E-state index in [-0.39, 0.29) is 45.2 Å². The zero-order valence-corrected chi connectivity index (χ0v) is 20.9. The fourth-order valence-corrected chi connectivity index (χ4v) is 4.08. The Labute approximate surface area is 215 Å². The lowest BCUT2D eigenvalue weighted by atomic mass is 10.1. The summed E-state index contributed by atoms with van der Waals surface area (Å²) in [6.45, 7) is 0.260. The average Bonchev–Trinajstić information content (AvgIpc) is 2.85. The molecule has 4 N–H and O–H groups in total. The van der Waals surface area contributed by atoms with Gasteiger partial charge in [0.25, 0.3) is 17.4 Å². The lowest BCUT2D eigenvalue weighted by Crippen LogP contribution is -2.26. The molecular formula is C24H20ClN5O6S. The Hall–Kier alpha value is -4.29. The minimum Gasteiger partial charge on any atom is -0.508 e. The zero-order valence-electron chi connectivity index (χ0n) is 19.3. The summed E-state index contributed by atoms with van der Waals surface area (Å²) in [4.78, 5) is 47.9. The number of sulfone groups is 1. The highest BCUT2D eigenvalue weighted by Crippen LogP contribution is 2.24. The van der Waals surface area contributed by atoms with Crippen LogP contribution in [0.15, 0.2) is 64.7 Å². The number of nitrogens with zero attached hydrogens (tertiary/aromatic N) is 2. The summed E-state index contributed by atoms with van der Waals surface area (Å²) < 4.78 is 23.3. The third-order valence-electron chi connectivity index (χ3n) is 5.30. The van der Waals surface area contributed by atoms with Gasteiger partial charge in [-0.3, -0.25) is 14.4 Å². The first-order chi connectivity index (χ1) is 17.5. The number of carbonyl (C=O) groups excluding carboxylic acids is 2. The molecule has 0 bridgehead atoms. The second kappa shape index (κ2) is 10.4. The number of hydrogen-bond donors (Lipinski definition) is 4. The number of halogens is 1. The summed E-state index contributed by atoms with van der Waals surface area (Å²) in [5.74, 6) is -1.10. The largest absolute Gasteiger partial charge is 0.508 e. The van der Waals surface area contributed by atoms with Gasteiger partial charge >= 0.3 is 0 Å². The van der Waals surface area contributed by atoms with Crippen LogP contribution in [0, 0.1) is 0 Å². The number of para-hydroxylation sites is 1. The Kier molecular flexibility index (Phi) is 7.23. The second-order valence-electron chi connectivity index (χ2n) is 8.02. The van der Waals surface area contributed by atoms with Gasteiger partial charge in [-0.25, -0.2) is 18.4 Å². The van der Waals surface area contributed by atoms with E-state index in [1.165, 1.54) is 30.5 Å². The minimum absolute atomic E-state index is 0.0440. The van der Waals surface area contributed by atoms with Gasteiger partial charge in [-0.1, -0.05) is 29.8 Å². The van der Waals surface area contributed by atoms with Crippen LogP contribution in [0.25, 0.3) is 11.0 Å². The lowest BCUT2D eigenvalue weighted by Gasteiger charge is -2.11. The normalized spacial score (nSPS) is 11.3. The first-order valence-corrected chi connectivity index (χ1v) is 13.1. The Morgan fingerprint density at radius 1 is 1.11 bits per heavy atom. The number of pyridine rings is 1. The molecule has 0 aliphatic heterocycles. The molecule has 0 aliphatic carbocycles. The monoisotopic (exact) mass is 541 g/mol. The molecule has 0 atom stereocenters. The molecule has 4 aromatic rings. The number of phenolic OH excluding ortho intramolecular Hbond substituents is 1. The van der Waals surface area contributed by atoms with Crippen molar-refractivity contribution in [1.29, 1.82) is 0 Å².